The molecule has 1 amide bonds. The average molecular weight is 356 g/mol. The number of halogens is 2. The SMILES string of the molecule is CCCn1cc(Cl)cc1C(=O)Nc1cc(C)ccc1Br. The lowest BCUT2D eigenvalue weighted by Gasteiger charge is -2.10. The van der Waals surface area contributed by atoms with Gasteiger partial charge in [0.25, 0.3) is 5.91 Å². The molecule has 1 aromatic carbocycles. The zero-order valence-electron chi connectivity index (χ0n) is 11.4. The van der Waals surface area contributed by atoms with Gasteiger partial charge in [0, 0.05) is 17.2 Å². The van der Waals surface area contributed by atoms with Gasteiger partial charge in [-0.15, -0.1) is 0 Å². The Morgan fingerprint density at radius 1 is 1.40 bits per heavy atom. The second kappa shape index (κ2) is 6.46. The molecule has 0 saturated carbocycles. The number of aryl methyl sites for hydroxylation is 2. The van der Waals surface area contributed by atoms with Crippen molar-refractivity contribution in [1.82, 2.24) is 4.57 Å². The van der Waals surface area contributed by atoms with Crippen molar-refractivity contribution in [2.75, 3.05) is 5.32 Å². The van der Waals surface area contributed by atoms with E-state index in [0.717, 1.165) is 28.7 Å². The smallest absolute Gasteiger partial charge is 0.272 e. The first-order valence-electron chi connectivity index (χ1n) is 6.44. The Kier molecular flexibility index (Phi) is 4.89. The maximum atomic E-state index is 12.4. The molecule has 3 nitrogen and oxygen atoms in total. The standard InChI is InChI=1S/C15H16BrClN2O/c1-3-6-19-9-11(17)8-14(19)15(20)18-13-7-10(2)4-5-12(13)16/h4-5,7-9H,3,6H2,1-2H3,(H,18,20). The van der Waals surface area contributed by atoms with E-state index in [-0.39, 0.29) is 5.91 Å². The third-order valence-corrected chi connectivity index (χ3v) is 3.83. The molecule has 1 aromatic heterocycles. The van der Waals surface area contributed by atoms with Crippen molar-refractivity contribution in [3.8, 4) is 0 Å². The summed E-state index contributed by atoms with van der Waals surface area (Å²) >= 11 is 9.43. The molecule has 0 radical (unpaired) electrons. The van der Waals surface area contributed by atoms with E-state index < -0.39 is 0 Å². The molecule has 0 aliphatic carbocycles. The summed E-state index contributed by atoms with van der Waals surface area (Å²) in [6.07, 6.45) is 2.73. The summed E-state index contributed by atoms with van der Waals surface area (Å²) in [6.45, 7) is 4.82. The van der Waals surface area contributed by atoms with Crippen molar-refractivity contribution < 1.29 is 4.79 Å². The molecule has 0 spiro atoms. The largest absolute Gasteiger partial charge is 0.342 e. The predicted octanol–water partition coefficient (Wildman–Crippen LogP) is 4.87. The second-order valence-electron chi connectivity index (χ2n) is 4.67. The van der Waals surface area contributed by atoms with Crippen molar-refractivity contribution in [3.05, 3.63) is 51.2 Å². The summed E-state index contributed by atoms with van der Waals surface area (Å²) in [6, 6.07) is 7.52. The maximum absolute atomic E-state index is 12.4. The fourth-order valence-electron chi connectivity index (χ4n) is 2.01. The number of nitrogens with one attached hydrogen (secondary N) is 1. The summed E-state index contributed by atoms with van der Waals surface area (Å²) in [5, 5.41) is 3.49. The first kappa shape index (κ1) is 15.1. The Bertz CT molecular complexity index is 637. The normalized spacial score (nSPS) is 10.6. The van der Waals surface area contributed by atoms with Gasteiger partial charge in [-0.1, -0.05) is 24.6 Å². The molecule has 0 saturated heterocycles. The van der Waals surface area contributed by atoms with Crippen LogP contribution in [0.25, 0.3) is 0 Å². The van der Waals surface area contributed by atoms with Crippen LogP contribution in [0.15, 0.2) is 34.9 Å². The Hall–Kier alpha value is -1.26. The number of amides is 1. The van der Waals surface area contributed by atoms with Crippen molar-refractivity contribution in [2.45, 2.75) is 26.8 Å². The van der Waals surface area contributed by atoms with E-state index >= 15 is 0 Å². The van der Waals surface area contributed by atoms with Gasteiger partial charge in [0.1, 0.15) is 5.69 Å². The Labute approximate surface area is 132 Å². The number of anilines is 1. The summed E-state index contributed by atoms with van der Waals surface area (Å²) < 4.78 is 2.73. The van der Waals surface area contributed by atoms with Crippen LogP contribution in [-0.4, -0.2) is 10.5 Å². The highest BCUT2D eigenvalue weighted by atomic mass is 79.9. The minimum absolute atomic E-state index is 0.156. The molecule has 2 aromatic rings. The summed E-state index contributed by atoms with van der Waals surface area (Å²) in [4.78, 5) is 12.4. The molecule has 0 aliphatic heterocycles. The first-order valence-corrected chi connectivity index (χ1v) is 7.61. The van der Waals surface area contributed by atoms with Crippen LogP contribution in [0.5, 0.6) is 0 Å². The van der Waals surface area contributed by atoms with E-state index in [1.54, 1.807) is 12.3 Å². The molecule has 106 valence electrons. The topological polar surface area (TPSA) is 34.0 Å². The van der Waals surface area contributed by atoms with Gasteiger partial charge in [-0.3, -0.25) is 4.79 Å². The average Bonchev–Trinajstić information content (AvgIpc) is 2.75. The number of rotatable bonds is 4. The molecule has 5 heteroatoms. The predicted molar refractivity (Wildman–Crippen MR) is 86.6 cm³/mol. The molecule has 0 fully saturated rings. The number of hydrogen-bond acceptors (Lipinski definition) is 1. The molecule has 0 atom stereocenters. The summed E-state index contributed by atoms with van der Waals surface area (Å²) in [7, 11) is 0. The number of carbonyl (C=O) groups is 1. The van der Waals surface area contributed by atoms with Crippen LogP contribution in [-0.2, 0) is 6.54 Å². The van der Waals surface area contributed by atoms with Gasteiger partial charge in [-0.2, -0.15) is 0 Å². The van der Waals surface area contributed by atoms with Crippen LogP contribution in [0, 0.1) is 6.92 Å². The fraction of sp³-hybridized carbons (Fsp3) is 0.267. The molecular weight excluding hydrogens is 340 g/mol. The summed E-state index contributed by atoms with van der Waals surface area (Å²) in [5.74, 6) is -0.156. The van der Waals surface area contributed by atoms with Gasteiger partial charge in [0.05, 0.1) is 10.7 Å². The molecule has 1 N–H and O–H groups in total. The minimum atomic E-state index is -0.156. The molecule has 0 bridgehead atoms. The highest BCUT2D eigenvalue weighted by Gasteiger charge is 2.14. The van der Waals surface area contributed by atoms with Gasteiger partial charge >= 0.3 is 0 Å². The lowest BCUT2D eigenvalue weighted by Crippen LogP contribution is -2.17. The Morgan fingerprint density at radius 3 is 2.85 bits per heavy atom. The van der Waals surface area contributed by atoms with E-state index in [1.807, 2.05) is 29.7 Å². The van der Waals surface area contributed by atoms with Gasteiger partial charge in [0.15, 0.2) is 0 Å². The number of aromatic nitrogens is 1. The summed E-state index contributed by atoms with van der Waals surface area (Å²) in [5.41, 5.74) is 2.42. The maximum Gasteiger partial charge on any atom is 0.272 e. The van der Waals surface area contributed by atoms with Crippen LogP contribution >= 0.6 is 27.5 Å². The van der Waals surface area contributed by atoms with E-state index in [1.165, 1.54) is 0 Å². The monoisotopic (exact) mass is 354 g/mol. The Morgan fingerprint density at radius 2 is 2.15 bits per heavy atom. The molecule has 0 aliphatic rings. The van der Waals surface area contributed by atoms with Gasteiger partial charge in [0.2, 0.25) is 0 Å². The number of nitrogens with zero attached hydrogens (tertiary/aromatic N) is 1. The van der Waals surface area contributed by atoms with Crippen LogP contribution in [0.2, 0.25) is 5.02 Å². The van der Waals surface area contributed by atoms with E-state index in [0.29, 0.717) is 10.7 Å². The number of hydrogen-bond donors (Lipinski definition) is 1. The highest BCUT2D eigenvalue weighted by molar-refractivity contribution is 9.10. The third kappa shape index (κ3) is 3.44. The highest BCUT2D eigenvalue weighted by Crippen LogP contribution is 2.24. The second-order valence-corrected chi connectivity index (χ2v) is 5.97. The van der Waals surface area contributed by atoms with Gasteiger partial charge in [-0.25, -0.2) is 0 Å². The zero-order chi connectivity index (χ0) is 14.7. The molecule has 20 heavy (non-hydrogen) atoms. The van der Waals surface area contributed by atoms with Gasteiger partial charge < -0.3 is 9.88 Å². The van der Waals surface area contributed by atoms with E-state index in [9.17, 15) is 4.79 Å². The quantitative estimate of drug-likeness (QED) is 0.833. The van der Waals surface area contributed by atoms with Crippen molar-refractivity contribution in [3.63, 3.8) is 0 Å². The Balaban J connectivity index is 2.26. The lowest BCUT2D eigenvalue weighted by molar-refractivity contribution is 0.101. The molecule has 0 unspecified atom stereocenters. The molecule has 1 heterocycles. The molecule has 2 rings (SSSR count). The molecular formula is C15H16BrClN2O. The van der Waals surface area contributed by atoms with Crippen LogP contribution in [0.1, 0.15) is 29.4 Å². The van der Waals surface area contributed by atoms with Crippen LogP contribution in [0.4, 0.5) is 5.69 Å². The zero-order valence-corrected chi connectivity index (χ0v) is 13.8. The van der Waals surface area contributed by atoms with E-state index in [4.69, 9.17) is 11.6 Å². The number of carbonyl (C=O) groups excluding carboxylic acids is 1. The first-order chi connectivity index (χ1) is 9.51. The van der Waals surface area contributed by atoms with Crippen molar-refractivity contribution in [2.24, 2.45) is 0 Å². The number of benzene rings is 1. The van der Waals surface area contributed by atoms with Crippen molar-refractivity contribution in [1.29, 1.82) is 0 Å². The van der Waals surface area contributed by atoms with Gasteiger partial charge in [-0.05, 0) is 53.0 Å². The fourth-order valence-corrected chi connectivity index (χ4v) is 2.58. The van der Waals surface area contributed by atoms with Crippen LogP contribution in [0.3, 0.4) is 0 Å². The lowest BCUT2D eigenvalue weighted by atomic mass is 10.2. The third-order valence-electron chi connectivity index (χ3n) is 2.93. The van der Waals surface area contributed by atoms with Crippen LogP contribution < -0.4 is 5.32 Å². The van der Waals surface area contributed by atoms with Crippen molar-refractivity contribution >= 4 is 39.1 Å². The minimum Gasteiger partial charge on any atom is -0.342 e. The van der Waals surface area contributed by atoms with E-state index in [2.05, 4.69) is 28.2 Å².